The molecule has 0 aromatic heterocycles. The second-order valence-corrected chi connectivity index (χ2v) is 5.92. The Bertz CT molecular complexity index is 550. The zero-order chi connectivity index (χ0) is 15.4. The van der Waals surface area contributed by atoms with Crippen LogP contribution in [0.25, 0.3) is 0 Å². The summed E-state index contributed by atoms with van der Waals surface area (Å²) in [5, 5.41) is 23.7. The molecule has 1 aliphatic carbocycles. The molecular formula is C14H18N2O4S. The minimum atomic E-state index is -0.539. The largest absolute Gasteiger partial charge is 0.391 e. The second kappa shape index (κ2) is 6.91. The van der Waals surface area contributed by atoms with Crippen LogP contribution in [-0.2, 0) is 0 Å². The molecule has 1 saturated carbocycles. The maximum absolute atomic E-state index is 12.2. The van der Waals surface area contributed by atoms with E-state index in [2.05, 4.69) is 5.32 Å². The number of aliphatic hydroxyl groups is 1. The number of rotatable bonds is 4. The molecule has 0 radical (unpaired) electrons. The molecule has 1 aliphatic rings. The second-order valence-electron chi connectivity index (χ2n) is 5.08. The van der Waals surface area contributed by atoms with Crippen LogP contribution in [0.3, 0.4) is 0 Å². The monoisotopic (exact) mass is 310 g/mol. The zero-order valence-electron chi connectivity index (χ0n) is 11.7. The zero-order valence-corrected chi connectivity index (χ0v) is 12.6. The molecule has 2 N–H and O–H groups in total. The van der Waals surface area contributed by atoms with E-state index in [1.165, 1.54) is 17.8 Å². The number of hydrogen-bond acceptors (Lipinski definition) is 5. The lowest BCUT2D eigenvalue weighted by molar-refractivity contribution is -0.387. The number of hydrogen-bond donors (Lipinski definition) is 2. The number of nitro groups is 1. The van der Waals surface area contributed by atoms with Crippen LogP contribution in [0.2, 0.25) is 0 Å². The average molecular weight is 310 g/mol. The Kier molecular flexibility index (Phi) is 5.19. The van der Waals surface area contributed by atoms with Crippen LogP contribution in [0.5, 0.6) is 0 Å². The standard InChI is InChI=1S/C14H18N2O4S/c1-21-13-7-6-9(8-11(13)16(19)20)14(18)15-10-4-2-3-5-12(10)17/h6-8,10,12,17H,2-5H2,1H3,(H,15,18)/t10-,12-/m1/s1. The molecule has 0 saturated heterocycles. The molecular weight excluding hydrogens is 292 g/mol. The van der Waals surface area contributed by atoms with Crippen molar-refractivity contribution in [2.24, 2.45) is 0 Å². The molecule has 21 heavy (non-hydrogen) atoms. The number of nitro benzene ring substituents is 1. The summed E-state index contributed by atoms with van der Waals surface area (Å²) < 4.78 is 0. The Morgan fingerprint density at radius 3 is 2.76 bits per heavy atom. The first-order valence-corrected chi connectivity index (χ1v) is 8.06. The molecule has 0 heterocycles. The fraction of sp³-hybridized carbons (Fsp3) is 0.500. The van der Waals surface area contributed by atoms with E-state index in [-0.39, 0.29) is 23.2 Å². The van der Waals surface area contributed by atoms with E-state index in [9.17, 15) is 20.0 Å². The number of thioether (sulfide) groups is 1. The topological polar surface area (TPSA) is 92.5 Å². The van der Waals surface area contributed by atoms with Gasteiger partial charge in [-0.25, -0.2) is 0 Å². The van der Waals surface area contributed by atoms with Gasteiger partial charge in [-0.3, -0.25) is 14.9 Å². The van der Waals surface area contributed by atoms with Crippen LogP contribution < -0.4 is 5.32 Å². The third-order valence-electron chi connectivity index (χ3n) is 3.68. The fourth-order valence-electron chi connectivity index (χ4n) is 2.51. The minimum absolute atomic E-state index is 0.0701. The molecule has 0 unspecified atom stereocenters. The van der Waals surface area contributed by atoms with Crippen LogP contribution in [0, 0.1) is 10.1 Å². The molecule has 1 aromatic rings. The summed E-state index contributed by atoms with van der Waals surface area (Å²) in [5.74, 6) is -0.378. The van der Waals surface area contributed by atoms with Crippen LogP contribution in [0.1, 0.15) is 36.0 Å². The first-order valence-electron chi connectivity index (χ1n) is 6.84. The van der Waals surface area contributed by atoms with Crippen molar-refractivity contribution in [3.8, 4) is 0 Å². The summed E-state index contributed by atoms with van der Waals surface area (Å²) in [5.41, 5.74) is 0.177. The number of carbonyl (C=O) groups excluding carboxylic acids is 1. The van der Waals surface area contributed by atoms with Gasteiger partial charge in [0.1, 0.15) is 0 Å². The summed E-state index contributed by atoms with van der Waals surface area (Å²) >= 11 is 1.27. The SMILES string of the molecule is CSc1ccc(C(=O)N[C@@H]2CCCC[C@H]2O)cc1[N+](=O)[O-]. The van der Waals surface area contributed by atoms with E-state index in [0.717, 1.165) is 19.3 Å². The molecule has 0 spiro atoms. The number of benzene rings is 1. The average Bonchev–Trinajstić information content (AvgIpc) is 2.48. The minimum Gasteiger partial charge on any atom is -0.391 e. The van der Waals surface area contributed by atoms with Gasteiger partial charge < -0.3 is 10.4 Å². The van der Waals surface area contributed by atoms with Crippen molar-refractivity contribution >= 4 is 23.4 Å². The summed E-state index contributed by atoms with van der Waals surface area (Å²) in [4.78, 5) is 23.2. The number of nitrogens with zero attached hydrogens (tertiary/aromatic N) is 1. The third kappa shape index (κ3) is 3.74. The summed E-state index contributed by atoms with van der Waals surface area (Å²) in [6.07, 6.45) is 4.55. The summed E-state index contributed by atoms with van der Waals surface area (Å²) in [7, 11) is 0. The van der Waals surface area contributed by atoms with Gasteiger partial charge in [-0.2, -0.15) is 0 Å². The molecule has 1 amide bonds. The van der Waals surface area contributed by atoms with Gasteiger partial charge in [0.25, 0.3) is 11.6 Å². The smallest absolute Gasteiger partial charge is 0.283 e. The van der Waals surface area contributed by atoms with Crippen LogP contribution >= 0.6 is 11.8 Å². The van der Waals surface area contributed by atoms with Gasteiger partial charge in [0.05, 0.1) is 22.0 Å². The molecule has 1 aromatic carbocycles. The molecule has 2 rings (SSSR count). The summed E-state index contributed by atoms with van der Waals surface area (Å²) in [6, 6.07) is 4.17. The lowest BCUT2D eigenvalue weighted by atomic mass is 9.92. The van der Waals surface area contributed by atoms with Crippen molar-refractivity contribution in [2.75, 3.05) is 6.26 Å². The van der Waals surface area contributed by atoms with E-state index in [1.807, 2.05) is 0 Å². The lowest BCUT2D eigenvalue weighted by Gasteiger charge is -2.28. The van der Waals surface area contributed by atoms with E-state index in [0.29, 0.717) is 11.3 Å². The van der Waals surface area contributed by atoms with Crippen LogP contribution in [-0.4, -0.2) is 34.3 Å². The van der Waals surface area contributed by atoms with Crippen molar-refractivity contribution in [3.63, 3.8) is 0 Å². The Morgan fingerprint density at radius 1 is 1.43 bits per heavy atom. The number of amides is 1. The van der Waals surface area contributed by atoms with Crippen molar-refractivity contribution in [3.05, 3.63) is 33.9 Å². The lowest BCUT2D eigenvalue weighted by Crippen LogP contribution is -2.45. The number of carbonyl (C=O) groups is 1. The number of nitrogens with one attached hydrogen (secondary N) is 1. The first-order chi connectivity index (χ1) is 10.0. The Balaban J connectivity index is 2.15. The van der Waals surface area contributed by atoms with Gasteiger partial charge in [0, 0.05) is 11.6 Å². The highest BCUT2D eigenvalue weighted by molar-refractivity contribution is 7.98. The fourth-order valence-corrected chi connectivity index (χ4v) is 3.05. The van der Waals surface area contributed by atoms with Gasteiger partial charge in [-0.15, -0.1) is 11.8 Å². The first kappa shape index (κ1) is 15.8. The quantitative estimate of drug-likeness (QED) is 0.506. The predicted molar refractivity (Wildman–Crippen MR) is 80.6 cm³/mol. The third-order valence-corrected chi connectivity index (χ3v) is 4.47. The Morgan fingerprint density at radius 2 is 2.14 bits per heavy atom. The van der Waals surface area contributed by atoms with Crippen LogP contribution in [0.4, 0.5) is 5.69 Å². The van der Waals surface area contributed by atoms with Crippen molar-refractivity contribution < 1.29 is 14.8 Å². The van der Waals surface area contributed by atoms with E-state index < -0.39 is 11.0 Å². The van der Waals surface area contributed by atoms with Gasteiger partial charge in [-0.1, -0.05) is 12.8 Å². The van der Waals surface area contributed by atoms with E-state index >= 15 is 0 Å². The molecule has 0 bridgehead atoms. The molecule has 1 fully saturated rings. The van der Waals surface area contributed by atoms with Crippen molar-refractivity contribution in [2.45, 2.75) is 42.7 Å². The normalized spacial score (nSPS) is 21.8. The maximum Gasteiger partial charge on any atom is 0.283 e. The summed E-state index contributed by atoms with van der Waals surface area (Å²) in [6.45, 7) is 0. The highest BCUT2D eigenvalue weighted by Gasteiger charge is 2.25. The Hall–Kier alpha value is -1.60. The van der Waals surface area contributed by atoms with E-state index in [4.69, 9.17) is 0 Å². The Labute approximate surface area is 127 Å². The molecule has 0 aliphatic heterocycles. The van der Waals surface area contributed by atoms with Gasteiger partial charge >= 0.3 is 0 Å². The highest BCUT2D eigenvalue weighted by Crippen LogP contribution is 2.28. The van der Waals surface area contributed by atoms with Gasteiger partial charge in [-0.05, 0) is 31.2 Å². The van der Waals surface area contributed by atoms with Crippen LogP contribution in [0.15, 0.2) is 23.1 Å². The maximum atomic E-state index is 12.2. The van der Waals surface area contributed by atoms with E-state index in [1.54, 1.807) is 18.4 Å². The van der Waals surface area contributed by atoms with Gasteiger partial charge in [0.15, 0.2) is 0 Å². The predicted octanol–water partition coefficient (Wildman–Crippen LogP) is 2.35. The van der Waals surface area contributed by atoms with Gasteiger partial charge in [0.2, 0.25) is 0 Å². The number of aliphatic hydroxyl groups excluding tert-OH is 1. The highest BCUT2D eigenvalue weighted by atomic mass is 32.2. The molecule has 114 valence electrons. The molecule has 6 nitrogen and oxygen atoms in total. The van der Waals surface area contributed by atoms with Crippen molar-refractivity contribution in [1.29, 1.82) is 0 Å². The molecule has 7 heteroatoms. The van der Waals surface area contributed by atoms with Crippen molar-refractivity contribution in [1.82, 2.24) is 5.32 Å². The molecule has 2 atom stereocenters.